The first-order chi connectivity index (χ1) is 8.75. The molecule has 0 aliphatic heterocycles. The topological polar surface area (TPSA) is 0 Å². The summed E-state index contributed by atoms with van der Waals surface area (Å²) in [5.41, 5.74) is 4.16. The Bertz CT molecular complexity index is 738. The molecule has 0 N–H and O–H groups in total. The highest BCUT2D eigenvalue weighted by molar-refractivity contribution is 9.15. The van der Waals surface area contributed by atoms with Gasteiger partial charge in [-0.05, 0) is 39.9 Å². The average molecular weight is 362 g/mol. The normalized spacial score (nSPS) is 20.1. The number of hydrogen-bond acceptors (Lipinski definition) is 0. The predicted octanol–water partition coefficient (Wildman–Crippen LogP) is 5.85. The van der Waals surface area contributed by atoms with Gasteiger partial charge in [0, 0.05) is 14.9 Å². The van der Waals surface area contributed by atoms with E-state index < -0.39 is 0 Å². The van der Waals surface area contributed by atoms with Crippen molar-refractivity contribution < 1.29 is 0 Å². The zero-order valence-corrected chi connectivity index (χ0v) is 12.8. The van der Waals surface area contributed by atoms with Crippen molar-refractivity contribution in [3.05, 3.63) is 57.6 Å². The summed E-state index contributed by atoms with van der Waals surface area (Å²) in [6.45, 7) is 0. The molecule has 2 aromatic carbocycles. The van der Waals surface area contributed by atoms with Gasteiger partial charge in [-0.15, -0.1) is 0 Å². The molecule has 1 atom stereocenters. The fraction of sp³-hybridized carbons (Fsp3) is 0.125. The van der Waals surface area contributed by atoms with Gasteiger partial charge in [-0.2, -0.15) is 0 Å². The third-order valence-electron chi connectivity index (χ3n) is 3.89. The van der Waals surface area contributed by atoms with Crippen LogP contribution in [0.25, 0.3) is 21.3 Å². The second kappa shape index (κ2) is 3.82. The molecule has 1 unspecified atom stereocenters. The SMILES string of the molecule is BrC1=CCC2C=Cc3c(Br)ccc4ccc1c2c34. The largest absolute Gasteiger partial charge is 0.0760 e. The Labute approximate surface area is 123 Å². The molecule has 0 nitrogen and oxygen atoms in total. The van der Waals surface area contributed by atoms with Gasteiger partial charge in [0.2, 0.25) is 0 Å². The number of halogens is 2. The Kier molecular flexibility index (Phi) is 2.33. The van der Waals surface area contributed by atoms with Crippen LogP contribution in [0.2, 0.25) is 0 Å². The van der Waals surface area contributed by atoms with Crippen LogP contribution in [0.1, 0.15) is 29.0 Å². The Hall–Kier alpha value is -0.860. The Morgan fingerprint density at radius 2 is 1.89 bits per heavy atom. The summed E-state index contributed by atoms with van der Waals surface area (Å²) in [6.07, 6.45) is 7.98. The third-order valence-corrected chi connectivity index (χ3v) is 5.33. The van der Waals surface area contributed by atoms with Crippen LogP contribution in [-0.2, 0) is 0 Å². The van der Waals surface area contributed by atoms with Crippen molar-refractivity contribution in [1.29, 1.82) is 0 Å². The van der Waals surface area contributed by atoms with Crippen LogP contribution in [-0.4, -0.2) is 0 Å². The lowest BCUT2D eigenvalue weighted by molar-refractivity contribution is 0.859. The zero-order chi connectivity index (χ0) is 12.3. The lowest BCUT2D eigenvalue weighted by Gasteiger charge is -2.27. The lowest BCUT2D eigenvalue weighted by atomic mass is 9.79. The molecule has 0 amide bonds. The molecular formula is C16H10Br2. The quantitative estimate of drug-likeness (QED) is 0.551. The van der Waals surface area contributed by atoms with Gasteiger partial charge in [-0.3, -0.25) is 0 Å². The van der Waals surface area contributed by atoms with Crippen molar-refractivity contribution in [3.63, 3.8) is 0 Å². The Morgan fingerprint density at radius 1 is 1.06 bits per heavy atom. The maximum absolute atomic E-state index is 3.69. The molecule has 2 aliphatic carbocycles. The highest BCUT2D eigenvalue weighted by Gasteiger charge is 2.25. The van der Waals surface area contributed by atoms with Gasteiger partial charge < -0.3 is 0 Å². The second-order valence-electron chi connectivity index (χ2n) is 4.84. The molecule has 18 heavy (non-hydrogen) atoms. The average Bonchev–Trinajstić information content (AvgIpc) is 2.40. The fourth-order valence-electron chi connectivity index (χ4n) is 3.05. The van der Waals surface area contributed by atoms with Crippen molar-refractivity contribution in [2.24, 2.45) is 0 Å². The van der Waals surface area contributed by atoms with E-state index in [9.17, 15) is 0 Å². The number of rotatable bonds is 0. The molecule has 0 fully saturated rings. The van der Waals surface area contributed by atoms with E-state index in [4.69, 9.17) is 0 Å². The van der Waals surface area contributed by atoms with E-state index in [1.165, 1.54) is 36.4 Å². The number of allylic oxidation sites excluding steroid dienone is 2. The molecule has 0 spiro atoms. The van der Waals surface area contributed by atoms with Crippen molar-refractivity contribution in [1.82, 2.24) is 0 Å². The summed E-state index contributed by atoms with van der Waals surface area (Å²) in [6, 6.07) is 8.80. The fourth-order valence-corrected chi connectivity index (χ4v) is 4.05. The van der Waals surface area contributed by atoms with Gasteiger partial charge in [0.05, 0.1) is 0 Å². The van der Waals surface area contributed by atoms with E-state index >= 15 is 0 Å². The molecule has 0 radical (unpaired) electrons. The predicted molar refractivity (Wildman–Crippen MR) is 84.9 cm³/mol. The van der Waals surface area contributed by atoms with Crippen LogP contribution in [0.5, 0.6) is 0 Å². The standard InChI is InChI=1S/C16H10Br2/c17-13-8-4-10-2-6-12-14(18)7-3-9-1-5-11(13)16(10)15(9)12/h1-3,5-8,10H,4H2. The Morgan fingerprint density at radius 3 is 2.78 bits per heavy atom. The number of benzene rings is 2. The minimum absolute atomic E-state index is 0.534. The van der Waals surface area contributed by atoms with Crippen molar-refractivity contribution in [2.75, 3.05) is 0 Å². The van der Waals surface area contributed by atoms with Gasteiger partial charge in [0.15, 0.2) is 0 Å². The summed E-state index contributed by atoms with van der Waals surface area (Å²) in [5.74, 6) is 0.534. The third kappa shape index (κ3) is 1.36. The van der Waals surface area contributed by atoms with Crippen LogP contribution in [0.4, 0.5) is 0 Å². The monoisotopic (exact) mass is 360 g/mol. The van der Waals surface area contributed by atoms with Gasteiger partial charge in [0.25, 0.3) is 0 Å². The minimum atomic E-state index is 0.534. The summed E-state index contributed by atoms with van der Waals surface area (Å²) in [7, 11) is 0. The van der Waals surface area contributed by atoms with Gasteiger partial charge in [-0.1, -0.05) is 68.3 Å². The summed E-state index contributed by atoms with van der Waals surface area (Å²) < 4.78 is 2.42. The summed E-state index contributed by atoms with van der Waals surface area (Å²) in [4.78, 5) is 0. The molecule has 88 valence electrons. The smallest absolute Gasteiger partial charge is 0.0254 e. The maximum atomic E-state index is 3.69. The lowest BCUT2D eigenvalue weighted by Crippen LogP contribution is -2.07. The minimum Gasteiger partial charge on any atom is -0.0760 e. The van der Waals surface area contributed by atoms with Gasteiger partial charge in [0.1, 0.15) is 0 Å². The molecule has 2 aromatic rings. The molecule has 4 rings (SSSR count). The van der Waals surface area contributed by atoms with E-state index in [1.54, 1.807) is 0 Å². The summed E-state index contributed by atoms with van der Waals surface area (Å²) in [5, 5.41) is 2.75. The Balaban J connectivity index is 2.24. The van der Waals surface area contributed by atoms with Crippen molar-refractivity contribution in [2.45, 2.75) is 12.3 Å². The first-order valence-corrected chi connectivity index (χ1v) is 7.63. The van der Waals surface area contributed by atoms with E-state index in [0.29, 0.717) is 5.92 Å². The van der Waals surface area contributed by atoms with E-state index in [2.05, 4.69) is 74.4 Å². The molecule has 0 aromatic heterocycles. The van der Waals surface area contributed by atoms with Crippen LogP contribution in [0, 0.1) is 0 Å². The highest BCUT2D eigenvalue weighted by Crippen LogP contribution is 2.46. The van der Waals surface area contributed by atoms with Crippen LogP contribution < -0.4 is 0 Å². The van der Waals surface area contributed by atoms with Crippen molar-refractivity contribution >= 4 is 53.2 Å². The molecule has 2 aliphatic rings. The van der Waals surface area contributed by atoms with Crippen LogP contribution in [0.3, 0.4) is 0 Å². The molecular weight excluding hydrogens is 352 g/mol. The molecule has 0 saturated carbocycles. The maximum Gasteiger partial charge on any atom is 0.0254 e. The second-order valence-corrected chi connectivity index (χ2v) is 6.55. The van der Waals surface area contributed by atoms with Gasteiger partial charge >= 0.3 is 0 Å². The van der Waals surface area contributed by atoms with Crippen LogP contribution in [0.15, 0.2) is 40.9 Å². The zero-order valence-electron chi connectivity index (χ0n) is 9.58. The molecule has 2 heteroatoms. The molecule has 0 heterocycles. The van der Waals surface area contributed by atoms with Crippen molar-refractivity contribution in [3.8, 4) is 0 Å². The first-order valence-electron chi connectivity index (χ1n) is 6.05. The van der Waals surface area contributed by atoms with Gasteiger partial charge in [-0.25, -0.2) is 0 Å². The van der Waals surface area contributed by atoms with E-state index in [1.807, 2.05) is 0 Å². The first kappa shape index (κ1) is 11.0. The number of hydrogen-bond donors (Lipinski definition) is 0. The molecule has 0 saturated heterocycles. The highest BCUT2D eigenvalue weighted by atomic mass is 79.9. The summed E-state index contributed by atoms with van der Waals surface area (Å²) >= 11 is 7.36. The molecule has 0 bridgehead atoms. The van der Waals surface area contributed by atoms with E-state index in [0.717, 1.165) is 6.42 Å². The van der Waals surface area contributed by atoms with Crippen LogP contribution >= 0.6 is 31.9 Å². The van der Waals surface area contributed by atoms with E-state index in [-0.39, 0.29) is 0 Å².